The molecular formula is C24H22N4O4S. The number of hydrogen-bond acceptors (Lipinski definition) is 7. The molecule has 3 aromatic rings. The van der Waals surface area contributed by atoms with Gasteiger partial charge in [0.1, 0.15) is 0 Å². The van der Waals surface area contributed by atoms with Crippen molar-refractivity contribution in [1.29, 1.82) is 0 Å². The number of amidine groups is 1. The number of carbonyl (C=O) groups is 2. The highest BCUT2D eigenvalue weighted by Crippen LogP contribution is 2.28. The molecule has 33 heavy (non-hydrogen) atoms. The Morgan fingerprint density at radius 3 is 2.79 bits per heavy atom. The first kappa shape index (κ1) is 22.3. The van der Waals surface area contributed by atoms with Crippen LogP contribution in [0.1, 0.15) is 12.5 Å². The standard InChI is InChI=1S/C24H22N4O4S/c1-2-31-21-12-16(13-25-28-24-27-23(30)15-33-24)10-11-20(21)32-14-22(29)26-19-9-5-7-17-6-3-4-8-18(17)19/h3-13H,2,14-15H2,1H3,(H,26,29)(H,27,28,30). The molecule has 1 aliphatic rings. The summed E-state index contributed by atoms with van der Waals surface area (Å²) in [4.78, 5) is 23.7. The Morgan fingerprint density at radius 2 is 1.97 bits per heavy atom. The summed E-state index contributed by atoms with van der Waals surface area (Å²) in [7, 11) is 0. The van der Waals surface area contributed by atoms with Crippen LogP contribution < -0.4 is 20.1 Å². The highest BCUT2D eigenvalue weighted by atomic mass is 32.2. The van der Waals surface area contributed by atoms with Gasteiger partial charge in [-0.25, -0.2) is 0 Å². The number of ether oxygens (including phenoxy) is 2. The predicted molar refractivity (Wildman–Crippen MR) is 131 cm³/mol. The van der Waals surface area contributed by atoms with E-state index < -0.39 is 0 Å². The second-order valence-electron chi connectivity index (χ2n) is 6.99. The maximum atomic E-state index is 12.5. The number of rotatable bonds is 8. The minimum absolute atomic E-state index is 0.0847. The van der Waals surface area contributed by atoms with Crippen LogP contribution in [0.15, 0.2) is 70.9 Å². The fraction of sp³-hybridized carbons (Fsp3) is 0.167. The molecule has 0 aromatic heterocycles. The molecule has 1 saturated heterocycles. The van der Waals surface area contributed by atoms with Crippen molar-refractivity contribution in [2.45, 2.75) is 6.92 Å². The smallest absolute Gasteiger partial charge is 0.262 e. The van der Waals surface area contributed by atoms with E-state index in [0.29, 0.717) is 29.0 Å². The van der Waals surface area contributed by atoms with Crippen molar-refractivity contribution < 1.29 is 19.1 Å². The molecule has 2 N–H and O–H groups in total. The third kappa shape index (κ3) is 5.89. The number of nitrogens with zero attached hydrogens (tertiary/aromatic N) is 2. The molecule has 0 spiro atoms. The number of hydrogen-bond donors (Lipinski definition) is 2. The lowest BCUT2D eigenvalue weighted by atomic mass is 10.1. The fourth-order valence-electron chi connectivity index (χ4n) is 3.18. The zero-order valence-electron chi connectivity index (χ0n) is 17.9. The van der Waals surface area contributed by atoms with Gasteiger partial charge in [-0.3, -0.25) is 9.59 Å². The van der Waals surface area contributed by atoms with Gasteiger partial charge < -0.3 is 20.1 Å². The average Bonchev–Trinajstić information content (AvgIpc) is 3.24. The van der Waals surface area contributed by atoms with Crippen molar-refractivity contribution in [3.8, 4) is 11.5 Å². The van der Waals surface area contributed by atoms with Gasteiger partial charge >= 0.3 is 0 Å². The number of anilines is 1. The van der Waals surface area contributed by atoms with Crippen molar-refractivity contribution in [3.05, 3.63) is 66.2 Å². The lowest BCUT2D eigenvalue weighted by Gasteiger charge is -2.13. The van der Waals surface area contributed by atoms with E-state index in [9.17, 15) is 9.59 Å². The normalized spacial score (nSPS) is 14.6. The van der Waals surface area contributed by atoms with Crippen LogP contribution >= 0.6 is 11.8 Å². The number of nitrogens with one attached hydrogen (secondary N) is 2. The first-order valence-corrected chi connectivity index (χ1v) is 11.3. The van der Waals surface area contributed by atoms with Crippen LogP contribution in [0.2, 0.25) is 0 Å². The van der Waals surface area contributed by atoms with Crippen molar-refractivity contribution in [1.82, 2.24) is 5.32 Å². The van der Waals surface area contributed by atoms with Gasteiger partial charge in [0.05, 0.1) is 18.6 Å². The Balaban J connectivity index is 1.40. The Morgan fingerprint density at radius 1 is 1.12 bits per heavy atom. The molecule has 0 bridgehead atoms. The van der Waals surface area contributed by atoms with Crippen LogP contribution in [-0.2, 0) is 9.59 Å². The molecule has 0 saturated carbocycles. The van der Waals surface area contributed by atoms with Crippen LogP contribution in [0.3, 0.4) is 0 Å². The molecule has 3 aromatic carbocycles. The highest BCUT2D eigenvalue weighted by Gasteiger charge is 2.16. The summed E-state index contributed by atoms with van der Waals surface area (Å²) in [5.41, 5.74) is 1.47. The van der Waals surface area contributed by atoms with Crippen LogP contribution in [0.25, 0.3) is 10.8 Å². The molecule has 1 fully saturated rings. The number of benzene rings is 3. The number of fused-ring (bicyclic) bond motifs is 1. The third-order valence-corrected chi connectivity index (χ3v) is 5.50. The Hall–Kier alpha value is -3.85. The summed E-state index contributed by atoms with van der Waals surface area (Å²) in [6.45, 7) is 2.13. The summed E-state index contributed by atoms with van der Waals surface area (Å²) in [5.74, 6) is 0.940. The second kappa shape index (κ2) is 10.6. The molecule has 0 radical (unpaired) electrons. The molecule has 9 heteroatoms. The summed E-state index contributed by atoms with van der Waals surface area (Å²) < 4.78 is 11.4. The summed E-state index contributed by atoms with van der Waals surface area (Å²) >= 11 is 1.30. The zero-order valence-corrected chi connectivity index (χ0v) is 18.7. The van der Waals surface area contributed by atoms with Gasteiger partial charge in [-0.15, -0.1) is 5.10 Å². The van der Waals surface area contributed by atoms with Gasteiger partial charge in [0, 0.05) is 11.1 Å². The van der Waals surface area contributed by atoms with Crippen LogP contribution in [-0.4, -0.2) is 42.2 Å². The first-order chi connectivity index (χ1) is 16.1. The van der Waals surface area contributed by atoms with Crippen molar-refractivity contribution in [2.24, 2.45) is 10.2 Å². The second-order valence-corrected chi connectivity index (χ2v) is 7.95. The summed E-state index contributed by atoms with van der Waals surface area (Å²) in [6, 6.07) is 18.9. The van der Waals surface area contributed by atoms with Gasteiger partial charge in [0.2, 0.25) is 5.91 Å². The summed E-state index contributed by atoms with van der Waals surface area (Å²) in [5, 5.41) is 16.0. The minimum Gasteiger partial charge on any atom is -0.490 e. The largest absolute Gasteiger partial charge is 0.490 e. The van der Waals surface area contributed by atoms with Gasteiger partial charge in [-0.05, 0) is 42.1 Å². The number of amides is 2. The monoisotopic (exact) mass is 462 g/mol. The Kier molecular flexibility index (Phi) is 7.21. The van der Waals surface area contributed by atoms with E-state index in [2.05, 4.69) is 20.8 Å². The van der Waals surface area contributed by atoms with E-state index in [1.54, 1.807) is 24.4 Å². The van der Waals surface area contributed by atoms with E-state index in [-0.39, 0.29) is 18.4 Å². The van der Waals surface area contributed by atoms with Gasteiger partial charge in [0.25, 0.3) is 5.91 Å². The van der Waals surface area contributed by atoms with Crippen LogP contribution in [0.4, 0.5) is 5.69 Å². The molecule has 2 amide bonds. The predicted octanol–water partition coefficient (Wildman–Crippen LogP) is 3.81. The molecule has 4 rings (SSSR count). The van der Waals surface area contributed by atoms with E-state index in [1.807, 2.05) is 49.4 Å². The minimum atomic E-state index is -0.272. The summed E-state index contributed by atoms with van der Waals surface area (Å²) in [6.07, 6.45) is 1.55. The fourth-order valence-corrected chi connectivity index (χ4v) is 3.81. The molecule has 1 aliphatic heterocycles. The van der Waals surface area contributed by atoms with Crippen molar-refractivity contribution in [3.63, 3.8) is 0 Å². The van der Waals surface area contributed by atoms with E-state index in [1.165, 1.54) is 11.8 Å². The maximum absolute atomic E-state index is 12.5. The van der Waals surface area contributed by atoms with Gasteiger partial charge in [-0.2, -0.15) is 5.10 Å². The van der Waals surface area contributed by atoms with E-state index >= 15 is 0 Å². The van der Waals surface area contributed by atoms with E-state index in [4.69, 9.17) is 9.47 Å². The van der Waals surface area contributed by atoms with Gasteiger partial charge in [-0.1, -0.05) is 48.2 Å². The van der Waals surface area contributed by atoms with Crippen LogP contribution in [0, 0.1) is 0 Å². The Labute approximate surface area is 195 Å². The number of thioether (sulfide) groups is 1. The third-order valence-electron chi connectivity index (χ3n) is 4.63. The molecule has 0 atom stereocenters. The molecule has 0 unspecified atom stereocenters. The maximum Gasteiger partial charge on any atom is 0.262 e. The van der Waals surface area contributed by atoms with Crippen molar-refractivity contribution >= 4 is 51.4 Å². The molecule has 1 heterocycles. The lowest BCUT2D eigenvalue weighted by molar-refractivity contribution is -0.118. The molecule has 8 nitrogen and oxygen atoms in total. The first-order valence-electron chi connectivity index (χ1n) is 10.3. The average molecular weight is 463 g/mol. The quantitative estimate of drug-likeness (QED) is 0.392. The highest BCUT2D eigenvalue weighted by molar-refractivity contribution is 8.15. The van der Waals surface area contributed by atoms with Gasteiger partial charge in [0.15, 0.2) is 23.3 Å². The molecule has 168 valence electrons. The lowest BCUT2D eigenvalue weighted by Crippen LogP contribution is -2.20. The zero-order chi connectivity index (χ0) is 23.0. The topological polar surface area (TPSA) is 101 Å². The number of carbonyl (C=O) groups excluding carboxylic acids is 2. The van der Waals surface area contributed by atoms with Crippen molar-refractivity contribution in [2.75, 3.05) is 24.3 Å². The van der Waals surface area contributed by atoms with E-state index in [0.717, 1.165) is 22.0 Å². The SMILES string of the molecule is CCOc1cc(C=NN=C2NC(=O)CS2)ccc1OCC(=O)Nc1cccc2ccccc12. The Bertz CT molecular complexity index is 1240. The molecule has 0 aliphatic carbocycles. The molecular weight excluding hydrogens is 440 g/mol. The van der Waals surface area contributed by atoms with Crippen LogP contribution in [0.5, 0.6) is 11.5 Å².